The van der Waals surface area contributed by atoms with Crippen LogP contribution in [0.2, 0.25) is 0 Å². The summed E-state index contributed by atoms with van der Waals surface area (Å²) in [5.41, 5.74) is 0.0389. The van der Waals surface area contributed by atoms with Crippen molar-refractivity contribution in [2.24, 2.45) is 5.41 Å². The third-order valence-corrected chi connectivity index (χ3v) is 3.52. The van der Waals surface area contributed by atoms with E-state index in [1.807, 2.05) is 0 Å². The number of rotatable bonds is 3. The summed E-state index contributed by atoms with van der Waals surface area (Å²) >= 11 is 0. The molecule has 0 aliphatic carbocycles. The van der Waals surface area contributed by atoms with Gasteiger partial charge in [0.2, 0.25) is 0 Å². The van der Waals surface area contributed by atoms with E-state index in [2.05, 4.69) is 5.32 Å². The molecule has 104 valence electrons. The van der Waals surface area contributed by atoms with E-state index < -0.39 is 11.4 Å². The molecule has 2 heterocycles. The van der Waals surface area contributed by atoms with Gasteiger partial charge in [0.15, 0.2) is 0 Å². The van der Waals surface area contributed by atoms with E-state index in [0.29, 0.717) is 25.9 Å². The molecule has 0 radical (unpaired) electrons. The molecule has 1 aromatic rings. The number of piperidine rings is 1. The zero-order chi connectivity index (χ0) is 13.9. The Balaban J connectivity index is 1.90. The average molecular weight is 266 g/mol. The number of carboxylic acids is 1. The number of aliphatic carboxylic acids is 1. The van der Waals surface area contributed by atoms with Crippen molar-refractivity contribution in [1.82, 2.24) is 10.2 Å². The fourth-order valence-corrected chi connectivity index (χ4v) is 2.27. The lowest BCUT2D eigenvalue weighted by Gasteiger charge is -2.37. The lowest BCUT2D eigenvalue weighted by Crippen LogP contribution is -2.51. The van der Waals surface area contributed by atoms with Gasteiger partial charge in [0.1, 0.15) is 0 Å². The molecular weight excluding hydrogens is 248 g/mol. The first-order valence-corrected chi connectivity index (χ1v) is 6.28. The molecule has 19 heavy (non-hydrogen) atoms. The van der Waals surface area contributed by atoms with Gasteiger partial charge in [-0.1, -0.05) is 0 Å². The van der Waals surface area contributed by atoms with Crippen LogP contribution >= 0.6 is 0 Å². The molecule has 1 unspecified atom stereocenters. The second-order valence-corrected chi connectivity index (χ2v) is 5.18. The van der Waals surface area contributed by atoms with Crippen LogP contribution in [0.5, 0.6) is 0 Å². The Kier molecular flexibility index (Phi) is 3.78. The summed E-state index contributed by atoms with van der Waals surface area (Å²) in [4.78, 5) is 24.8. The van der Waals surface area contributed by atoms with E-state index in [0.717, 1.165) is 5.56 Å². The number of hydrogen-bond acceptors (Lipinski definition) is 3. The maximum Gasteiger partial charge on any atom is 0.317 e. The number of nitrogens with one attached hydrogen (secondary N) is 1. The number of hydrogen-bond donors (Lipinski definition) is 2. The molecule has 6 nitrogen and oxygen atoms in total. The summed E-state index contributed by atoms with van der Waals surface area (Å²) in [5, 5.41) is 12.0. The molecule has 0 aromatic carbocycles. The number of furan rings is 1. The monoisotopic (exact) mass is 266 g/mol. The van der Waals surface area contributed by atoms with Crippen molar-refractivity contribution in [3.63, 3.8) is 0 Å². The van der Waals surface area contributed by atoms with Crippen LogP contribution in [0.1, 0.15) is 25.3 Å². The Morgan fingerprint density at radius 3 is 3.00 bits per heavy atom. The van der Waals surface area contributed by atoms with Crippen LogP contribution in [-0.4, -0.2) is 35.1 Å². The first-order valence-electron chi connectivity index (χ1n) is 6.28. The number of likely N-dealkylation sites (tertiary alicyclic amines) is 1. The van der Waals surface area contributed by atoms with Crippen LogP contribution in [0.3, 0.4) is 0 Å². The summed E-state index contributed by atoms with van der Waals surface area (Å²) in [6.45, 7) is 2.92. The number of amides is 2. The molecule has 0 saturated carbocycles. The Hall–Kier alpha value is -1.98. The predicted molar refractivity (Wildman–Crippen MR) is 67.5 cm³/mol. The number of carbonyl (C=O) groups excluding carboxylic acids is 1. The molecule has 2 amide bonds. The summed E-state index contributed by atoms with van der Waals surface area (Å²) in [6, 6.07) is 1.55. The summed E-state index contributed by atoms with van der Waals surface area (Å²) in [7, 11) is 0. The zero-order valence-corrected chi connectivity index (χ0v) is 10.9. The van der Waals surface area contributed by atoms with Crippen molar-refractivity contribution >= 4 is 12.0 Å². The second-order valence-electron chi connectivity index (χ2n) is 5.18. The van der Waals surface area contributed by atoms with E-state index >= 15 is 0 Å². The van der Waals surface area contributed by atoms with E-state index in [9.17, 15) is 14.7 Å². The topological polar surface area (TPSA) is 82.8 Å². The van der Waals surface area contributed by atoms with Crippen LogP contribution in [0.25, 0.3) is 0 Å². The second kappa shape index (κ2) is 5.34. The standard InChI is InChI=1S/C13H18N2O4/c1-13(11(16)17)4-2-5-15(9-13)12(18)14-7-10-3-6-19-8-10/h3,6,8H,2,4-5,7,9H2,1H3,(H,14,18)(H,16,17). The van der Waals surface area contributed by atoms with Gasteiger partial charge in [0, 0.05) is 25.2 Å². The van der Waals surface area contributed by atoms with Gasteiger partial charge in [-0.2, -0.15) is 0 Å². The molecule has 1 aromatic heterocycles. The van der Waals surface area contributed by atoms with Gasteiger partial charge in [-0.05, 0) is 25.8 Å². The van der Waals surface area contributed by atoms with Crippen LogP contribution < -0.4 is 5.32 Å². The Morgan fingerprint density at radius 2 is 2.37 bits per heavy atom. The molecule has 0 spiro atoms. The van der Waals surface area contributed by atoms with Crippen molar-refractivity contribution in [3.8, 4) is 0 Å². The maximum absolute atomic E-state index is 12.0. The van der Waals surface area contributed by atoms with Crippen molar-refractivity contribution in [2.75, 3.05) is 13.1 Å². The number of urea groups is 1. The highest BCUT2D eigenvalue weighted by Gasteiger charge is 2.39. The molecule has 2 rings (SSSR count). The quantitative estimate of drug-likeness (QED) is 0.871. The average Bonchev–Trinajstić information content (AvgIpc) is 2.89. The lowest BCUT2D eigenvalue weighted by atomic mass is 9.82. The van der Waals surface area contributed by atoms with Crippen LogP contribution in [-0.2, 0) is 11.3 Å². The third-order valence-electron chi connectivity index (χ3n) is 3.52. The minimum Gasteiger partial charge on any atom is -0.481 e. The van der Waals surface area contributed by atoms with Crippen LogP contribution in [0, 0.1) is 5.41 Å². The van der Waals surface area contributed by atoms with Crippen molar-refractivity contribution in [1.29, 1.82) is 0 Å². The molecule has 6 heteroatoms. The first-order chi connectivity index (χ1) is 9.01. The highest BCUT2D eigenvalue weighted by molar-refractivity contribution is 5.78. The van der Waals surface area contributed by atoms with Crippen LogP contribution in [0.15, 0.2) is 23.0 Å². The zero-order valence-electron chi connectivity index (χ0n) is 10.9. The van der Waals surface area contributed by atoms with Crippen molar-refractivity contribution < 1.29 is 19.1 Å². The first kappa shape index (κ1) is 13.5. The highest BCUT2D eigenvalue weighted by atomic mass is 16.4. The van der Waals surface area contributed by atoms with Crippen LogP contribution in [0.4, 0.5) is 4.79 Å². The molecular formula is C13H18N2O4. The molecule has 2 N–H and O–H groups in total. The number of carbonyl (C=O) groups is 2. The molecule has 1 atom stereocenters. The normalized spacial score (nSPS) is 23.1. The predicted octanol–water partition coefficient (Wildman–Crippen LogP) is 1.68. The fourth-order valence-electron chi connectivity index (χ4n) is 2.27. The van der Waals surface area contributed by atoms with Gasteiger partial charge in [-0.25, -0.2) is 4.79 Å². The van der Waals surface area contributed by atoms with Gasteiger partial charge in [-0.3, -0.25) is 4.79 Å². The summed E-state index contributed by atoms with van der Waals surface area (Å²) < 4.78 is 4.91. The van der Waals surface area contributed by atoms with Gasteiger partial charge in [0.05, 0.1) is 17.9 Å². The van der Waals surface area contributed by atoms with Gasteiger partial charge < -0.3 is 19.7 Å². The molecule has 1 fully saturated rings. The smallest absolute Gasteiger partial charge is 0.317 e. The summed E-state index contributed by atoms with van der Waals surface area (Å²) in [5.74, 6) is -0.847. The van der Waals surface area contributed by atoms with Gasteiger partial charge in [-0.15, -0.1) is 0 Å². The SMILES string of the molecule is CC1(C(=O)O)CCCN(C(=O)NCc2ccoc2)C1. The van der Waals surface area contributed by atoms with E-state index in [-0.39, 0.29) is 12.6 Å². The molecule has 1 aliphatic rings. The Bertz CT molecular complexity index is 457. The highest BCUT2D eigenvalue weighted by Crippen LogP contribution is 2.29. The largest absolute Gasteiger partial charge is 0.481 e. The summed E-state index contributed by atoms with van der Waals surface area (Å²) in [6.07, 6.45) is 4.43. The van der Waals surface area contributed by atoms with E-state index in [1.54, 1.807) is 30.4 Å². The van der Waals surface area contributed by atoms with Gasteiger partial charge >= 0.3 is 12.0 Å². The molecule has 1 saturated heterocycles. The van der Waals surface area contributed by atoms with Gasteiger partial charge in [0.25, 0.3) is 0 Å². The molecule has 0 bridgehead atoms. The third kappa shape index (κ3) is 3.07. The Morgan fingerprint density at radius 1 is 1.58 bits per heavy atom. The molecule has 1 aliphatic heterocycles. The lowest BCUT2D eigenvalue weighted by molar-refractivity contribution is -0.150. The minimum absolute atomic E-state index is 0.228. The van der Waals surface area contributed by atoms with E-state index in [4.69, 9.17) is 4.42 Å². The van der Waals surface area contributed by atoms with Crippen molar-refractivity contribution in [2.45, 2.75) is 26.3 Å². The van der Waals surface area contributed by atoms with Crippen molar-refractivity contribution in [3.05, 3.63) is 24.2 Å². The maximum atomic E-state index is 12.0. The minimum atomic E-state index is -0.847. The number of carboxylic acid groups (broad SMARTS) is 1. The Labute approximate surface area is 111 Å². The van der Waals surface area contributed by atoms with E-state index in [1.165, 1.54) is 0 Å². The fraction of sp³-hybridized carbons (Fsp3) is 0.538. The number of nitrogens with zero attached hydrogens (tertiary/aromatic N) is 1.